The van der Waals surface area contributed by atoms with E-state index < -0.39 is 0 Å². The molecule has 0 unspecified atom stereocenters. The number of ether oxygens (including phenoxy) is 2. The molecule has 0 aliphatic rings. The van der Waals surface area contributed by atoms with Gasteiger partial charge in [0.05, 0.1) is 12.7 Å². The average molecular weight is 288 g/mol. The van der Waals surface area contributed by atoms with Crippen molar-refractivity contribution >= 4 is 5.82 Å². The third kappa shape index (κ3) is 3.82. The van der Waals surface area contributed by atoms with Gasteiger partial charge in [0.2, 0.25) is 5.88 Å². The van der Waals surface area contributed by atoms with E-state index in [2.05, 4.69) is 22.3 Å². The molecule has 0 fully saturated rings. The minimum Gasteiger partial charge on any atom is -0.497 e. The maximum absolute atomic E-state index is 5.82. The molecule has 0 amide bonds. The number of hydrogen-bond acceptors (Lipinski definition) is 6. The van der Waals surface area contributed by atoms with Crippen LogP contribution in [0.15, 0.2) is 30.6 Å². The molecular formula is C15H20N4O2. The molecule has 1 heterocycles. The van der Waals surface area contributed by atoms with E-state index in [-0.39, 0.29) is 0 Å². The molecule has 0 bridgehead atoms. The van der Waals surface area contributed by atoms with Crippen LogP contribution in [0.4, 0.5) is 5.82 Å². The van der Waals surface area contributed by atoms with Crippen LogP contribution in [0.1, 0.15) is 24.5 Å². The SMILES string of the molecule is CCCc1c(NN)ncnc1OCc1cccc(OC)c1. The molecule has 0 saturated heterocycles. The molecular weight excluding hydrogens is 268 g/mol. The number of aromatic nitrogens is 2. The van der Waals surface area contributed by atoms with Crippen molar-refractivity contribution in [1.29, 1.82) is 0 Å². The fourth-order valence-corrected chi connectivity index (χ4v) is 2.03. The molecule has 0 spiro atoms. The summed E-state index contributed by atoms with van der Waals surface area (Å²) in [6, 6.07) is 7.73. The normalized spacial score (nSPS) is 10.2. The van der Waals surface area contributed by atoms with Crippen molar-refractivity contribution < 1.29 is 9.47 Å². The highest BCUT2D eigenvalue weighted by atomic mass is 16.5. The van der Waals surface area contributed by atoms with Crippen molar-refractivity contribution in [2.24, 2.45) is 5.84 Å². The summed E-state index contributed by atoms with van der Waals surface area (Å²) in [7, 11) is 1.64. The third-order valence-electron chi connectivity index (χ3n) is 3.05. The van der Waals surface area contributed by atoms with E-state index >= 15 is 0 Å². The topological polar surface area (TPSA) is 82.3 Å². The van der Waals surface area contributed by atoms with Gasteiger partial charge in [0.25, 0.3) is 0 Å². The molecule has 6 heteroatoms. The van der Waals surface area contributed by atoms with Gasteiger partial charge in [0.15, 0.2) is 0 Å². The first-order chi connectivity index (χ1) is 10.3. The van der Waals surface area contributed by atoms with Gasteiger partial charge in [-0.15, -0.1) is 0 Å². The number of hydrogen-bond donors (Lipinski definition) is 2. The zero-order valence-electron chi connectivity index (χ0n) is 12.3. The van der Waals surface area contributed by atoms with E-state index in [4.69, 9.17) is 15.3 Å². The van der Waals surface area contributed by atoms with Crippen molar-refractivity contribution in [1.82, 2.24) is 9.97 Å². The van der Waals surface area contributed by atoms with Gasteiger partial charge in [0, 0.05) is 0 Å². The summed E-state index contributed by atoms with van der Waals surface area (Å²) in [5.41, 5.74) is 4.49. The van der Waals surface area contributed by atoms with Crippen molar-refractivity contribution in [2.75, 3.05) is 12.5 Å². The minimum absolute atomic E-state index is 0.412. The van der Waals surface area contributed by atoms with E-state index in [0.717, 1.165) is 29.7 Å². The van der Waals surface area contributed by atoms with Gasteiger partial charge in [-0.1, -0.05) is 25.5 Å². The number of nitrogens with one attached hydrogen (secondary N) is 1. The van der Waals surface area contributed by atoms with Crippen LogP contribution in [0.3, 0.4) is 0 Å². The lowest BCUT2D eigenvalue weighted by Crippen LogP contribution is -2.13. The third-order valence-corrected chi connectivity index (χ3v) is 3.05. The first-order valence-electron chi connectivity index (χ1n) is 6.84. The monoisotopic (exact) mass is 288 g/mol. The van der Waals surface area contributed by atoms with Crippen LogP contribution < -0.4 is 20.7 Å². The van der Waals surface area contributed by atoms with E-state index in [9.17, 15) is 0 Å². The quantitative estimate of drug-likeness (QED) is 0.601. The predicted octanol–water partition coefficient (Wildman–Crippen LogP) is 2.30. The molecule has 2 aromatic rings. The number of rotatable bonds is 7. The maximum atomic E-state index is 5.82. The standard InChI is InChI=1S/C15H20N4O2/c1-3-5-13-14(19-16)17-10-18-15(13)21-9-11-6-4-7-12(8-11)20-2/h4,6-8,10H,3,5,9,16H2,1-2H3,(H,17,18,19). The zero-order valence-corrected chi connectivity index (χ0v) is 12.3. The highest BCUT2D eigenvalue weighted by Gasteiger charge is 2.11. The molecule has 6 nitrogen and oxygen atoms in total. The predicted molar refractivity (Wildman–Crippen MR) is 81.2 cm³/mol. The van der Waals surface area contributed by atoms with Crippen LogP contribution in [0.5, 0.6) is 11.6 Å². The number of benzene rings is 1. The van der Waals surface area contributed by atoms with Crippen molar-refractivity contribution in [3.63, 3.8) is 0 Å². The van der Waals surface area contributed by atoms with Gasteiger partial charge in [-0.25, -0.2) is 15.8 Å². The Balaban J connectivity index is 2.15. The lowest BCUT2D eigenvalue weighted by molar-refractivity contribution is 0.289. The number of nitrogens with zero attached hydrogens (tertiary/aromatic N) is 2. The molecule has 21 heavy (non-hydrogen) atoms. The lowest BCUT2D eigenvalue weighted by Gasteiger charge is -2.13. The van der Waals surface area contributed by atoms with E-state index in [1.165, 1.54) is 6.33 Å². The van der Waals surface area contributed by atoms with E-state index in [0.29, 0.717) is 18.3 Å². The molecule has 112 valence electrons. The molecule has 0 radical (unpaired) electrons. The van der Waals surface area contributed by atoms with Crippen LogP contribution in [-0.2, 0) is 13.0 Å². The first-order valence-corrected chi connectivity index (χ1v) is 6.84. The zero-order chi connectivity index (χ0) is 15.1. The van der Waals surface area contributed by atoms with Crippen molar-refractivity contribution in [2.45, 2.75) is 26.4 Å². The highest BCUT2D eigenvalue weighted by Crippen LogP contribution is 2.24. The molecule has 0 aliphatic heterocycles. The van der Waals surface area contributed by atoms with Crippen LogP contribution in [0.2, 0.25) is 0 Å². The summed E-state index contributed by atoms with van der Waals surface area (Å²) in [6.07, 6.45) is 3.20. The number of hydrazine groups is 1. The van der Waals surface area contributed by atoms with Gasteiger partial charge >= 0.3 is 0 Å². The number of anilines is 1. The largest absolute Gasteiger partial charge is 0.497 e. The van der Waals surface area contributed by atoms with Crippen molar-refractivity contribution in [3.05, 3.63) is 41.7 Å². The average Bonchev–Trinajstić information content (AvgIpc) is 2.54. The fraction of sp³-hybridized carbons (Fsp3) is 0.333. The second-order valence-corrected chi connectivity index (χ2v) is 4.54. The molecule has 0 saturated carbocycles. The molecule has 0 aliphatic carbocycles. The summed E-state index contributed by atoms with van der Waals surface area (Å²) in [4.78, 5) is 8.32. The van der Waals surface area contributed by atoms with Crippen LogP contribution >= 0.6 is 0 Å². The highest BCUT2D eigenvalue weighted by molar-refractivity contribution is 5.47. The van der Waals surface area contributed by atoms with E-state index in [1.807, 2.05) is 24.3 Å². The Bertz CT molecular complexity index is 590. The van der Waals surface area contributed by atoms with Crippen LogP contribution in [-0.4, -0.2) is 17.1 Å². The summed E-state index contributed by atoms with van der Waals surface area (Å²) in [5, 5.41) is 0. The molecule has 0 atom stereocenters. The maximum Gasteiger partial charge on any atom is 0.222 e. The Morgan fingerprint density at radius 1 is 1.29 bits per heavy atom. The Kier molecular flexibility index (Phi) is 5.34. The second kappa shape index (κ2) is 7.44. The number of methoxy groups -OCH3 is 1. The van der Waals surface area contributed by atoms with Gasteiger partial charge in [-0.2, -0.15) is 0 Å². The van der Waals surface area contributed by atoms with Crippen molar-refractivity contribution in [3.8, 4) is 11.6 Å². The number of nitrogens with two attached hydrogens (primary N) is 1. The van der Waals surface area contributed by atoms with Gasteiger partial charge in [-0.3, -0.25) is 0 Å². The molecule has 2 rings (SSSR count). The summed E-state index contributed by atoms with van der Waals surface area (Å²) >= 11 is 0. The second-order valence-electron chi connectivity index (χ2n) is 4.54. The Hall–Kier alpha value is -2.34. The first kappa shape index (κ1) is 15.1. The Labute approximate surface area is 124 Å². The Morgan fingerprint density at radius 2 is 2.14 bits per heavy atom. The molecule has 1 aromatic carbocycles. The van der Waals surface area contributed by atoms with Gasteiger partial charge in [-0.05, 0) is 24.1 Å². The minimum atomic E-state index is 0.412. The fourth-order valence-electron chi connectivity index (χ4n) is 2.03. The number of nitrogen functional groups attached to an aromatic ring is 1. The Morgan fingerprint density at radius 3 is 2.86 bits per heavy atom. The van der Waals surface area contributed by atoms with Crippen LogP contribution in [0.25, 0.3) is 0 Å². The molecule has 3 N–H and O–H groups in total. The summed E-state index contributed by atoms with van der Waals surface area (Å²) in [5.74, 6) is 7.45. The molecule has 1 aromatic heterocycles. The summed E-state index contributed by atoms with van der Waals surface area (Å²) in [6.45, 7) is 2.49. The van der Waals surface area contributed by atoms with Gasteiger partial charge in [0.1, 0.15) is 24.5 Å². The summed E-state index contributed by atoms with van der Waals surface area (Å²) < 4.78 is 11.0. The lowest BCUT2D eigenvalue weighted by atomic mass is 10.1. The van der Waals surface area contributed by atoms with Crippen LogP contribution in [0, 0.1) is 0 Å². The smallest absolute Gasteiger partial charge is 0.222 e. The van der Waals surface area contributed by atoms with Gasteiger partial charge < -0.3 is 14.9 Å². The van der Waals surface area contributed by atoms with E-state index in [1.54, 1.807) is 7.11 Å².